The molecular formula is C14H11Cl4N3S. The molecule has 0 aliphatic carbocycles. The normalized spacial score (nSPS) is 10.4. The van der Waals surface area contributed by atoms with Crippen LogP contribution in [-0.4, -0.2) is 16.6 Å². The first-order valence-electron chi connectivity index (χ1n) is 6.26. The zero-order chi connectivity index (χ0) is 16.1. The summed E-state index contributed by atoms with van der Waals surface area (Å²) in [6.07, 6.45) is 2.25. The summed E-state index contributed by atoms with van der Waals surface area (Å²) in [6.45, 7) is 0.562. The minimum Gasteiger partial charge on any atom is -0.362 e. The van der Waals surface area contributed by atoms with Gasteiger partial charge in [0.2, 0.25) is 0 Å². The van der Waals surface area contributed by atoms with Gasteiger partial charge in [0.25, 0.3) is 0 Å². The van der Waals surface area contributed by atoms with Crippen LogP contribution in [0.5, 0.6) is 0 Å². The maximum atomic E-state index is 6.14. The van der Waals surface area contributed by atoms with Crippen LogP contribution in [0.15, 0.2) is 30.5 Å². The van der Waals surface area contributed by atoms with Gasteiger partial charge in [0.05, 0.1) is 15.1 Å². The summed E-state index contributed by atoms with van der Waals surface area (Å²) < 4.78 is 0. The molecule has 1 aromatic carbocycles. The fourth-order valence-corrected chi connectivity index (χ4v) is 2.84. The van der Waals surface area contributed by atoms with Crippen LogP contribution in [0.4, 0.5) is 5.82 Å². The Kier molecular flexibility index (Phi) is 6.53. The van der Waals surface area contributed by atoms with Crippen LogP contribution in [0.3, 0.4) is 0 Å². The van der Waals surface area contributed by atoms with Crippen molar-refractivity contribution in [2.24, 2.45) is 0 Å². The Morgan fingerprint density at radius 2 is 1.91 bits per heavy atom. The number of anilines is 1. The molecule has 0 fully saturated rings. The average Bonchev–Trinajstić information content (AvgIpc) is 2.46. The number of pyridine rings is 1. The van der Waals surface area contributed by atoms with Crippen molar-refractivity contribution < 1.29 is 0 Å². The Morgan fingerprint density at radius 1 is 1.14 bits per heavy atom. The SMILES string of the molecule is S=C(NCCc1cc(Cl)cc(Cl)c1Cl)Nc1ncccc1Cl. The number of thiocarbonyl (C=S) groups is 1. The Balaban J connectivity index is 1.89. The fraction of sp³-hybridized carbons (Fsp3) is 0.143. The third-order valence-corrected chi connectivity index (χ3v) is 4.35. The standard InChI is InChI=1S/C14H11Cl4N3S/c15-9-6-8(12(18)11(17)7-9)3-5-20-14(22)21-13-10(16)2-1-4-19-13/h1-2,4,6-7H,3,5H2,(H2,19,20,21,22). The summed E-state index contributed by atoms with van der Waals surface area (Å²) in [5.74, 6) is 0.505. The molecule has 8 heteroatoms. The van der Waals surface area contributed by atoms with E-state index in [9.17, 15) is 0 Å². The molecule has 116 valence electrons. The lowest BCUT2D eigenvalue weighted by Crippen LogP contribution is -2.30. The van der Waals surface area contributed by atoms with Gasteiger partial charge in [0.15, 0.2) is 10.9 Å². The van der Waals surface area contributed by atoms with Crippen molar-refractivity contribution >= 4 is 69.6 Å². The van der Waals surface area contributed by atoms with Crippen LogP contribution >= 0.6 is 58.6 Å². The van der Waals surface area contributed by atoms with E-state index in [1.54, 1.807) is 30.5 Å². The second kappa shape index (κ2) is 8.18. The Hall–Kier alpha value is -0.780. The molecule has 0 amide bonds. The molecule has 0 bridgehead atoms. The van der Waals surface area contributed by atoms with Gasteiger partial charge >= 0.3 is 0 Å². The van der Waals surface area contributed by atoms with Crippen molar-refractivity contribution in [3.8, 4) is 0 Å². The first kappa shape index (κ1) is 17.6. The zero-order valence-corrected chi connectivity index (χ0v) is 15.0. The molecule has 0 atom stereocenters. The summed E-state index contributed by atoms with van der Waals surface area (Å²) in [5.41, 5.74) is 0.852. The Labute approximate surface area is 153 Å². The van der Waals surface area contributed by atoms with Gasteiger partial charge in [-0.2, -0.15) is 0 Å². The maximum absolute atomic E-state index is 6.14. The van der Waals surface area contributed by atoms with E-state index >= 15 is 0 Å². The first-order chi connectivity index (χ1) is 10.5. The number of halogens is 4. The third-order valence-electron chi connectivity index (χ3n) is 2.74. The van der Waals surface area contributed by atoms with Crippen molar-refractivity contribution in [2.45, 2.75) is 6.42 Å². The van der Waals surface area contributed by atoms with Gasteiger partial charge in [-0.25, -0.2) is 4.98 Å². The maximum Gasteiger partial charge on any atom is 0.171 e. The van der Waals surface area contributed by atoms with E-state index in [4.69, 9.17) is 58.6 Å². The molecule has 0 aliphatic rings. The van der Waals surface area contributed by atoms with Gasteiger partial charge in [0, 0.05) is 17.8 Å². The van der Waals surface area contributed by atoms with Crippen molar-refractivity contribution in [3.63, 3.8) is 0 Å². The first-order valence-corrected chi connectivity index (χ1v) is 8.18. The predicted molar refractivity (Wildman–Crippen MR) is 98.6 cm³/mol. The summed E-state index contributed by atoms with van der Waals surface area (Å²) in [4.78, 5) is 4.10. The lowest BCUT2D eigenvalue weighted by molar-refractivity contribution is 0.873. The minimum absolute atomic E-state index is 0.421. The summed E-state index contributed by atoms with van der Waals surface area (Å²) in [6, 6.07) is 6.86. The van der Waals surface area contributed by atoms with E-state index in [0.717, 1.165) is 5.56 Å². The van der Waals surface area contributed by atoms with Gasteiger partial charge < -0.3 is 10.6 Å². The Morgan fingerprint density at radius 3 is 2.64 bits per heavy atom. The molecule has 0 aliphatic heterocycles. The highest BCUT2D eigenvalue weighted by atomic mass is 35.5. The smallest absolute Gasteiger partial charge is 0.171 e. The van der Waals surface area contributed by atoms with E-state index in [0.29, 0.717) is 44.0 Å². The van der Waals surface area contributed by atoms with Crippen molar-refractivity contribution in [3.05, 3.63) is 56.1 Å². The lowest BCUT2D eigenvalue weighted by atomic mass is 10.1. The highest BCUT2D eigenvalue weighted by Gasteiger charge is 2.08. The largest absolute Gasteiger partial charge is 0.362 e. The number of nitrogens with zero attached hydrogens (tertiary/aromatic N) is 1. The van der Waals surface area contributed by atoms with Gasteiger partial charge in [-0.05, 0) is 48.5 Å². The van der Waals surface area contributed by atoms with Crippen LogP contribution in [0.2, 0.25) is 20.1 Å². The van der Waals surface area contributed by atoms with Crippen LogP contribution in [0.1, 0.15) is 5.56 Å². The molecule has 22 heavy (non-hydrogen) atoms. The van der Waals surface area contributed by atoms with Gasteiger partial charge in [-0.3, -0.25) is 0 Å². The van der Waals surface area contributed by atoms with Crippen molar-refractivity contribution in [1.82, 2.24) is 10.3 Å². The second-order valence-corrected chi connectivity index (χ2v) is 6.36. The average molecular weight is 395 g/mol. The number of hydrogen-bond donors (Lipinski definition) is 2. The molecule has 1 aromatic heterocycles. The van der Waals surface area contributed by atoms with Crippen LogP contribution in [0, 0.1) is 0 Å². The zero-order valence-electron chi connectivity index (χ0n) is 11.2. The molecule has 1 heterocycles. The molecule has 0 saturated carbocycles. The third kappa shape index (κ3) is 4.86. The molecule has 0 spiro atoms. The second-order valence-electron chi connectivity index (χ2n) is 4.33. The van der Waals surface area contributed by atoms with Gasteiger partial charge in [-0.1, -0.05) is 46.4 Å². The van der Waals surface area contributed by atoms with Crippen LogP contribution in [-0.2, 0) is 6.42 Å². The van der Waals surface area contributed by atoms with E-state index in [-0.39, 0.29) is 0 Å². The molecule has 3 nitrogen and oxygen atoms in total. The quantitative estimate of drug-likeness (QED) is 0.550. The molecule has 0 unspecified atom stereocenters. The van der Waals surface area contributed by atoms with E-state index in [1.165, 1.54) is 0 Å². The molecular weight excluding hydrogens is 384 g/mol. The number of aromatic nitrogens is 1. The lowest BCUT2D eigenvalue weighted by Gasteiger charge is -2.12. The van der Waals surface area contributed by atoms with Crippen molar-refractivity contribution in [2.75, 3.05) is 11.9 Å². The topological polar surface area (TPSA) is 37.0 Å². The predicted octanol–water partition coefficient (Wildman–Crippen LogP) is 5.22. The van der Waals surface area contributed by atoms with E-state index < -0.39 is 0 Å². The molecule has 2 N–H and O–H groups in total. The van der Waals surface area contributed by atoms with Crippen molar-refractivity contribution in [1.29, 1.82) is 0 Å². The number of rotatable bonds is 4. The summed E-state index contributed by atoms with van der Waals surface area (Å²) in [5, 5.41) is 8.38. The minimum atomic E-state index is 0.421. The van der Waals surface area contributed by atoms with Gasteiger partial charge in [-0.15, -0.1) is 0 Å². The molecule has 2 aromatic rings. The number of benzene rings is 1. The molecule has 0 radical (unpaired) electrons. The Bertz CT molecular complexity index is 694. The fourth-order valence-electron chi connectivity index (χ4n) is 1.73. The number of nitrogens with one attached hydrogen (secondary N) is 2. The molecule has 0 saturated heterocycles. The van der Waals surface area contributed by atoms with Crippen LogP contribution < -0.4 is 10.6 Å². The highest BCUT2D eigenvalue weighted by molar-refractivity contribution is 7.80. The van der Waals surface area contributed by atoms with Gasteiger partial charge in [0.1, 0.15) is 0 Å². The van der Waals surface area contributed by atoms with E-state index in [2.05, 4.69) is 15.6 Å². The monoisotopic (exact) mass is 393 g/mol. The summed E-state index contributed by atoms with van der Waals surface area (Å²) in [7, 11) is 0. The van der Waals surface area contributed by atoms with E-state index in [1.807, 2.05) is 0 Å². The number of hydrogen-bond acceptors (Lipinski definition) is 2. The highest BCUT2D eigenvalue weighted by Crippen LogP contribution is 2.29. The molecule has 2 rings (SSSR count). The summed E-state index contributed by atoms with van der Waals surface area (Å²) >= 11 is 29.3. The van der Waals surface area contributed by atoms with Crippen LogP contribution in [0.25, 0.3) is 0 Å².